The number of rotatable bonds is 6. The smallest absolute Gasteiger partial charge is 0.328 e. The molecule has 0 aliphatic carbocycles. The fraction of sp³-hybridized carbons (Fsp3) is 0.0426. The molecule has 0 saturated heterocycles. The highest BCUT2D eigenvalue weighted by atomic mass is 35.5. The van der Waals surface area contributed by atoms with Crippen molar-refractivity contribution >= 4 is 67.9 Å². The van der Waals surface area contributed by atoms with Crippen molar-refractivity contribution < 1.29 is 46.1 Å². The van der Waals surface area contributed by atoms with Crippen molar-refractivity contribution in [3.8, 4) is 11.5 Å². The lowest BCUT2D eigenvalue weighted by Crippen LogP contribution is -2.06. The number of hydrogen-bond donors (Lipinski definition) is 3. The molecule has 0 atom stereocenters. The van der Waals surface area contributed by atoms with E-state index in [0.29, 0.717) is 44.2 Å². The van der Waals surface area contributed by atoms with E-state index in [1.165, 1.54) is 130 Å². The van der Waals surface area contributed by atoms with Crippen LogP contribution in [0.4, 0.5) is 22.0 Å². The number of carbonyl (C=O) groups is 2. The predicted molar refractivity (Wildman–Crippen MR) is 242 cm³/mol. The Morgan fingerprint density at radius 1 is 0.652 bits per heavy atom. The number of aromatic nitrogens is 3. The molecule has 8 aromatic rings. The third-order valence-corrected chi connectivity index (χ3v) is 8.79. The Morgan fingerprint density at radius 3 is 1.68 bits per heavy atom. The average Bonchev–Trinajstić information content (AvgIpc) is 3.30. The maximum atomic E-state index is 12.9. The van der Waals surface area contributed by atoms with E-state index in [2.05, 4.69) is 25.0 Å². The Kier molecular flexibility index (Phi) is 18.9. The molecule has 3 N–H and O–H groups in total. The highest BCUT2D eigenvalue weighted by Gasteiger charge is 2.08. The number of carboxylic acid groups (broad SMARTS) is 1. The number of aromatic amines is 2. The van der Waals surface area contributed by atoms with Gasteiger partial charge in [-0.05, 0) is 118 Å². The van der Waals surface area contributed by atoms with E-state index >= 15 is 0 Å². The third-order valence-electron chi connectivity index (χ3n) is 8.49. The van der Waals surface area contributed by atoms with Gasteiger partial charge >= 0.3 is 5.97 Å². The highest BCUT2D eigenvalue weighted by Crippen LogP contribution is 2.29. The van der Waals surface area contributed by atoms with Gasteiger partial charge in [0.1, 0.15) is 45.7 Å². The van der Waals surface area contributed by atoms with Gasteiger partial charge in [0.15, 0.2) is 0 Å². The van der Waals surface area contributed by atoms with Gasteiger partial charge in [-0.3, -0.25) is 14.4 Å². The average molecular weight is 925 g/mol. The van der Waals surface area contributed by atoms with Crippen molar-refractivity contribution in [3.05, 3.63) is 216 Å². The fourth-order valence-electron chi connectivity index (χ4n) is 5.41. The maximum Gasteiger partial charge on any atom is 0.328 e. The number of nitrogens with one attached hydrogen (secondary N) is 2. The normalized spacial score (nSPS) is 10.3. The first-order valence-electron chi connectivity index (χ1n) is 18.7. The van der Waals surface area contributed by atoms with Gasteiger partial charge in [0, 0.05) is 44.9 Å². The van der Waals surface area contributed by atoms with Crippen molar-refractivity contribution in [1.82, 2.24) is 15.0 Å². The minimum Gasteiger partial charge on any atom is -0.495 e. The van der Waals surface area contributed by atoms with Gasteiger partial charge in [-0.25, -0.2) is 31.7 Å². The molecule has 0 bridgehead atoms. The summed E-state index contributed by atoms with van der Waals surface area (Å²) >= 11 is 5.82. The monoisotopic (exact) mass is 924 g/mol. The predicted octanol–water partition coefficient (Wildman–Crippen LogP) is 11.0. The number of azide groups is 1. The maximum absolute atomic E-state index is 12.9. The van der Waals surface area contributed by atoms with E-state index in [-0.39, 0.29) is 39.5 Å². The van der Waals surface area contributed by atoms with Gasteiger partial charge in [-0.2, -0.15) is 0 Å². The Hall–Kier alpha value is -8.60. The second-order valence-corrected chi connectivity index (χ2v) is 13.2. The van der Waals surface area contributed by atoms with Crippen LogP contribution in [0.3, 0.4) is 0 Å². The van der Waals surface area contributed by atoms with Crippen LogP contribution in [0.15, 0.2) is 155 Å². The number of nitrogens with zero attached hydrogens (tertiary/aromatic N) is 4. The zero-order valence-electron chi connectivity index (χ0n) is 34.4. The van der Waals surface area contributed by atoms with Gasteiger partial charge in [-0.1, -0.05) is 48.0 Å². The standard InChI is InChI=1S/C10H7ClFNO.C10H8FNO2.C9H6FN3O.C9H6FNO.C9H7FO2/c1-14-9-5-13-10(11)8-4-6(12)2-3-7(8)9;1-14-9-5-12-10(13)8-4-6(11)2-3-7(8)9;10-8-4-1-7(2-5-8)3-6-9(14)12-13-11;10-7-2-1-6-3-4-11-9(12)8(6)5-7;10-8-4-1-7(2-5-8)3-6-9(11)12/h2-5H,1H3;2-5H,1H3,(H,12,13);1-6H;1-5H,(H,11,12);1-6H,(H,11,12)/b;;6-3+;;6-3+. The number of amides is 1. The van der Waals surface area contributed by atoms with Gasteiger partial charge in [0.25, 0.3) is 11.1 Å². The Balaban J connectivity index is 0.000000181. The number of benzene rings is 5. The zero-order chi connectivity index (χ0) is 48.2. The molecule has 8 rings (SSSR count). The van der Waals surface area contributed by atoms with Crippen molar-refractivity contribution in [3.63, 3.8) is 0 Å². The summed E-state index contributed by atoms with van der Waals surface area (Å²) in [5.74, 6) is -2.42. The van der Waals surface area contributed by atoms with Crippen LogP contribution < -0.4 is 20.6 Å². The van der Waals surface area contributed by atoms with E-state index in [9.17, 15) is 41.1 Å². The first kappa shape index (κ1) is 50.0. The summed E-state index contributed by atoms with van der Waals surface area (Å²) in [5, 5.41) is 14.7. The molecule has 0 radical (unpaired) electrons. The van der Waals surface area contributed by atoms with Crippen LogP contribution >= 0.6 is 11.6 Å². The summed E-state index contributed by atoms with van der Waals surface area (Å²) in [4.78, 5) is 54.4. The molecular formula is C47H34ClF5N6O7. The summed E-state index contributed by atoms with van der Waals surface area (Å²) in [6.07, 6.45) is 9.49. The summed E-state index contributed by atoms with van der Waals surface area (Å²) in [5.41, 5.74) is 8.67. The van der Waals surface area contributed by atoms with E-state index in [4.69, 9.17) is 31.7 Å². The third kappa shape index (κ3) is 15.3. The Bertz CT molecular complexity index is 3200. The van der Waals surface area contributed by atoms with E-state index in [1.807, 2.05) is 0 Å². The second-order valence-electron chi connectivity index (χ2n) is 12.9. The Labute approximate surface area is 375 Å². The lowest BCUT2D eigenvalue weighted by Gasteiger charge is -2.05. The van der Waals surface area contributed by atoms with Crippen LogP contribution in [0.2, 0.25) is 5.15 Å². The number of carbonyl (C=O) groups excluding carboxylic acids is 1. The number of carboxylic acids is 1. The molecule has 3 heterocycles. The van der Waals surface area contributed by atoms with Crippen LogP contribution in [0.25, 0.3) is 54.9 Å². The molecule has 5 aromatic carbocycles. The number of ether oxygens (including phenoxy) is 2. The van der Waals surface area contributed by atoms with E-state index < -0.39 is 17.7 Å². The number of H-pyrrole nitrogens is 2. The topological polar surface area (TPSA) is 200 Å². The number of methoxy groups -OCH3 is 2. The molecule has 336 valence electrons. The van der Waals surface area contributed by atoms with Gasteiger partial charge in [-0.15, -0.1) is 0 Å². The molecule has 0 aliphatic rings. The summed E-state index contributed by atoms with van der Waals surface area (Å²) in [7, 11) is 3.03. The largest absolute Gasteiger partial charge is 0.495 e. The summed E-state index contributed by atoms with van der Waals surface area (Å²) in [6, 6.07) is 25.4. The van der Waals surface area contributed by atoms with E-state index in [0.717, 1.165) is 22.9 Å². The summed E-state index contributed by atoms with van der Waals surface area (Å²) < 4.78 is 73.3. The van der Waals surface area contributed by atoms with Crippen molar-refractivity contribution in [2.75, 3.05) is 14.2 Å². The van der Waals surface area contributed by atoms with Crippen LogP contribution in [0.1, 0.15) is 11.1 Å². The molecule has 0 unspecified atom stereocenters. The van der Waals surface area contributed by atoms with Crippen LogP contribution in [0.5, 0.6) is 11.5 Å². The molecule has 0 saturated carbocycles. The summed E-state index contributed by atoms with van der Waals surface area (Å²) in [6.45, 7) is 0. The zero-order valence-corrected chi connectivity index (χ0v) is 35.1. The fourth-order valence-corrected chi connectivity index (χ4v) is 5.61. The molecule has 66 heavy (non-hydrogen) atoms. The number of fused-ring (bicyclic) bond motifs is 3. The van der Waals surface area contributed by atoms with Gasteiger partial charge < -0.3 is 24.5 Å². The minimum absolute atomic E-state index is 0.257. The molecule has 19 heteroatoms. The lowest BCUT2D eigenvalue weighted by molar-refractivity contribution is -0.131. The number of aliphatic carboxylic acids is 1. The van der Waals surface area contributed by atoms with Crippen molar-refractivity contribution in [1.29, 1.82) is 0 Å². The molecular weight excluding hydrogens is 891 g/mol. The first-order valence-corrected chi connectivity index (χ1v) is 19.1. The van der Waals surface area contributed by atoms with Crippen molar-refractivity contribution in [2.24, 2.45) is 5.11 Å². The highest BCUT2D eigenvalue weighted by molar-refractivity contribution is 6.34. The molecule has 0 aliphatic heterocycles. The Morgan fingerprint density at radius 2 is 1.14 bits per heavy atom. The number of halogens is 6. The van der Waals surface area contributed by atoms with Gasteiger partial charge in [0.2, 0.25) is 5.91 Å². The van der Waals surface area contributed by atoms with Crippen LogP contribution in [-0.2, 0) is 9.59 Å². The molecule has 13 nitrogen and oxygen atoms in total. The first-order chi connectivity index (χ1) is 31.6. The van der Waals surface area contributed by atoms with Crippen LogP contribution in [-0.4, -0.2) is 46.2 Å². The SMILES string of the molecule is COc1c[nH]c(=O)c2cc(F)ccc12.COc1cnc(Cl)c2cc(F)ccc12.O=C(O)/C=C/c1ccc(F)cc1.O=c1[nH]ccc2ccc(F)cc12.[N-]=[N+]=NC(=O)/C=C/c1ccc(F)cc1. The second kappa shape index (κ2) is 24.9. The van der Waals surface area contributed by atoms with E-state index in [1.54, 1.807) is 24.4 Å². The van der Waals surface area contributed by atoms with Gasteiger partial charge in [0.05, 0.1) is 25.8 Å². The quantitative estimate of drug-likeness (QED) is 0.0365. The number of hydrogen-bond acceptors (Lipinski definition) is 7. The molecule has 0 fully saturated rings. The minimum atomic E-state index is -1.01. The molecule has 1 amide bonds. The van der Waals surface area contributed by atoms with Crippen molar-refractivity contribution in [2.45, 2.75) is 0 Å². The molecule has 0 spiro atoms. The molecule has 3 aromatic heterocycles. The number of pyridine rings is 3. The lowest BCUT2D eigenvalue weighted by atomic mass is 10.1. The van der Waals surface area contributed by atoms with Crippen LogP contribution in [0, 0.1) is 29.1 Å².